The van der Waals surface area contributed by atoms with E-state index < -0.39 is 0 Å². The van der Waals surface area contributed by atoms with Crippen LogP contribution in [0, 0.1) is 0 Å². The van der Waals surface area contributed by atoms with Crippen molar-refractivity contribution in [2.24, 2.45) is 0 Å². The van der Waals surface area contributed by atoms with E-state index in [0.717, 1.165) is 0 Å². The lowest BCUT2D eigenvalue weighted by molar-refractivity contribution is 0.902. The second-order valence-corrected chi connectivity index (χ2v) is 4.32. The first-order valence-electron chi connectivity index (χ1n) is 4.02. The van der Waals surface area contributed by atoms with E-state index in [2.05, 4.69) is 8.75 Å². The van der Waals surface area contributed by atoms with Gasteiger partial charge in [-0.15, -0.1) is 0 Å². The van der Waals surface area contributed by atoms with Crippen molar-refractivity contribution in [3.8, 4) is 0 Å². The van der Waals surface area contributed by atoms with Crippen LogP contribution in [0.2, 0.25) is 0 Å². The van der Waals surface area contributed by atoms with Crippen molar-refractivity contribution in [1.82, 2.24) is 8.75 Å². The van der Waals surface area contributed by atoms with Crippen molar-refractivity contribution >= 4 is 23.1 Å². The summed E-state index contributed by atoms with van der Waals surface area (Å²) in [6.45, 7) is 1.86. The molecule has 0 aliphatic heterocycles. The highest BCUT2D eigenvalue weighted by Gasteiger charge is 2.16. The lowest BCUT2D eigenvalue weighted by atomic mass is 9.99. The minimum Gasteiger partial charge on any atom is -0.278 e. The molecule has 2 aromatic rings. The van der Waals surface area contributed by atoms with E-state index >= 15 is 0 Å². The number of rotatable bonds is 2. The molecule has 0 aliphatic carbocycles. The summed E-state index contributed by atoms with van der Waals surface area (Å²) < 4.78 is 5.22. The number of hydrogen-bond acceptors (Lipinski definition) is 4. The summed E-state index contributed by atoms with van der Waals surface area (Å²) in [5.74, 6) is -0.139. The predicted octanol–water partition coefficient (Wildman–Crippen LogP) is 1.34. The van der Waals surface area contributed by atoms with Gasteiger partial charge in [0.25, 0.3) is 11.1 Å². The normalized spacial score (nSPS) is 11.0. The summed E-state index contributed by atoms with van der Waals surface area (Å²) in [6.07, 6.45) is 0. The molecule has 0 aromatic carbocycles. The third kappa shape index (κ3) is 1.46. The van der Waals surface area contributed by atoms with Crippen molar-refractivity contribution in [3.05, 3.63) is 42.6 Å². The largest absolute Gasteiger partial charge is 0.278 e. The SMILES string of the molecule is CC(c1cs[nH]c1=O)c1cs[nH]c1=O. The second-order valence-electron chi connectivity index (χ2n) is 2.97. The predicted molar refractivity (Wildman–Crippen MR) is 57.4 cm³/mol. The summed E-state index contributed by atoms with van der Waals surface area (Å²) in [6, 6.07) is 0. The Labute approximate surface area is 87.5 Å². The van der Waals surface area contributed by atoms with E-state index in [1.807, 2.05) is 6.92 Å². The Bertz CT molecular complexity index is 485. The van der Waals surface area contributed by atoms with Crippen LogP contribution in [0.5, 0.6) is 0 Å². The molecule has 2 heterocycles. The average Bonchev–Trinajstić information content (AvgIpc) is 2.73. The van der Waals surface area contributed by atoms with Crippen LogP contribution in [0.15, 0.2) is 20.3 Å². The number of nitrogens with one attached hydrogen (secondary N) is 2. The molecule has 14 heavy (non-hydrogen) atoms. The second kappa shape index (κ2) is 3.55. The van der Waals surface area contributed by atoms with Gasteiger partial charge >= 0.3 is 0 Å². The van der Waals surface area contributed by atoms with Gasteiger partial charge in [-0.05, 0) is 0 Å². The molecule has 2 N–H and O–H groups in total. The topological polar surface area (TPSA) is 65.7 Å². The number of H-pyrrole nitrogens is 2. The fourth-order valence-corrected chi connectivity index (χ4v) is 2.73. The van der Waals surface area contributed by atoms with E-state index in [1.165, 1.54) is 23.1 Å². The molecule has 6 heteroatoms. The van der Waals surface area contributed by atoms with Gasteiger partial charge in [-0.25, -0.2) is 0 Å². The Morgan fingerprint density at radius 2 is 1.50 bits per heavy atom. The summed E-state index contributed by atoms with van der Waals surface area (Å²) in [5.41, 5.74) is 1.10. The van der Waals surface area contributed by atoms with Crippen molar-refractivity contribution in [3.63, 3.8) is 0 Å². The van der Waals surface area contributed by atoms with E-state index in [-0.39, 0.29) is 17.0 Å². The number of aromatic nitrogens is 2. The van der Waals surface area contributed by atoms with Crippen molar-refractivity contribution in [2.75, 3.05) is 0 Å². The molecule has 0 bridgehead atoms. The van der Waals surface area contributed by atoms with Crippen LogP contribution < -0.4 is 11.1 Å². The molecule has 2 aromatic heterocycles. The van der Waals surface area contributed by atoms with Crippen LogP contribution in [-0.4, -0.2) is 8.75 Å². The highest BCUT2D eigenvalue weighted by molar-refractivity contribution is 7.03. The van der Waals surface area contributed by atoms with E-state index in [9.17, 15) is 9.59 Å². The Balaban J connectivity index is 2.48. The Morgan fingerprint density at radius 3 is 1.79 bits per heavy atom. The molecule has 4 nitrogen and oxygen atoms in total. The minimum absolute atomic E-state index is 0.104. The lowest BCUT2D eigenvalue weighted by Crippen LogP contribution is -2.14. The van der Waals surface area contributed by atoms with Crippen molar-refractivity contribution < 1.29 is 0 Å². The number of hydrogen-bond donors (Lipinski definition) is 2. The van der Waals surface area contributed by atoms with Gasteiger partial charge in [0.2, 0.25) is 0 Å². The molecule has 0 spiro atoms. The Kier molecular flexibility index (Phi) is 2.39. The van der Waals surface area contributed by atoms with Gasteiger partial charge < -0.3 is 0 Å². The van der Waals surface area contributed by atoms with Gasteiger partial charge in [-0.1, -0.05) is 30.0 Å². The molecule has 0 unspecified atom stereocenters. The first kappa shape index (κ1) is 9.42. The number of aromatic amines is 2. The maximum absolute atomic E-state index is 11.3. The summed E-state index contributed by atoms with van der Waals surface area (Å²) in [4.78, 5) is 22.6. The molecule has 0 fully saturated rings. The van der Waals surface area contributed by atoms with Crippen molar-refractivity contribution in [2.45, 2.75) is 12.8 Å². The van der Waals surface area contributed by atoms with E-state index in [0.29, 0.717) is 11.1 Å². The zero-order chi connectivity index (χ0) is 10.1. The standard InChI is InChI=1S/C8H8N2O2S2/c1-4(5-2-13-9-7(5)11)6-3-14-10-8(6)12/h2-4H,1H3,(H,9,11)(H,10,12). The van der Waals surface area contributed by atoms with Crippen LogP contribution in [0.4, 0.5) is 0 Å². The molecule has 0 radical (unpaired) electrons. The fourth-order valence-electron chi connectivity index (χ4n) is 1.28. The van der Waals surface area contributed by atoms with E-state index in [4.69, 9.17) is 0 Å². The molecule has 0 atom stereocenters. The Hall–Kier alpha value is -1.14. The van der Waals surface area contributed by atoms with Gasteiger partial charge in [0, 0.05) is 27.8 Å². The van der Waals surface area contributed by atoms with Crippen LogP contribution >= 0.6 is 23.1 Å². The molecule has 0 amide bonds. The van der Waals surface area contributed by atoms with Crippen LogP contribution in [0.25, 0.3) is 0 Å². The fraction of sp³-hybridized carbons (Fsp3) is 0.250. The first-order chi connectivity index (χ1) is 6.70. The Morgan fingerprint density at radius 1 is 1.07 bits per heavy atom. The van der Waals surface area contributed by atoms with Gasteiger partial charge in [-0.3, -0.25) is 18.3 Å². The average molecular weight is 228 g/mol. The third-order valence-corrected chi connectivity index (χ3v) is 3.48. The van der Waals surface area contributed by atoms with Gasteiger partial charge in [-0.2, -0.15) is 0 Å². The van der Waals surface area contributed by atoms with E-state index in [1.54, 1.807) is 10.8 Å². The quantitative estimate of drug-likeness (QED) is 0.814. The molecule has 74 valence electrons. The smallest absolute Gasteiger partial charge is 0.261 e. The highest BCUT2D eigenvalue weighted by atomic mass is 32.1. The highest BCUT2D eigenvalue weighted by Crippen LogP contribution is 2.19. The summed E-state index contributed by atoms with van der Waals surface area (Å²) in [7, 11) is 0. The molecular weight excluding hydrogens is 220 g/mol. The van der Waals surface area contributed by atoms with Crippen LogP contribution in [-0.2, 0) is 0 Å². The molecule has 2 rings (SSSR count). The maximum Gasteiger partial charge on any atom is 0.261 e. The van der Waals surface area contributed by atoms with Gasteiger partial charge in [0.1, 0.15) is 0 Å². The monoisotopic (exact) mass is 228 g/mol. The molecule has 0 saturated carbocycles. The molecular formula is C8H8N2O2S2. The van der Waals surface area contributed by atoms with Crippen LogP contribution in [0.3, 0.4) is 0 Å². The maximum atomic E-state index is 11.3. The zero-order valence-corrected chi connectivity index (χ0v) is 9.00. The zero-order valence-electron chi connectivity index (χ0n) is 7.37. The van der Waals surface area contributed by atoms with Gasteiger partial charge in [0.15, 0.2) is 0 Å². The minimum atomic E-state index is -0.139. The summed E-state index contributed by atoms with van der Waals surface area (Å²) >= 11 is 2.50. The van der Waals surface area contributed by atoms with Gasteiger partial charge in [0.05, 0.1) is 0 Å². The van der Waals surface area contributed by atoms with Crippen LogP contribution in [0.1, 0.15) is 24.0 Å². The third-order valence-electron chi connectivity index (χ3n) is 2.13. The van der Waals surface area contributed by atoms with Crippen molar-refractivity contribution in [1.29, 1.82) is 0 Å². The lowest BCUT2D eigenvalue weighted by Gasteiger charge is -2.02. The molecule has 0 saturated heterocycles. The first-order valence-corrected chi connectivity index (χ1v) is 5.78. The molecule has 0 aliphatic rings. The summed E-state index contributed by atoms with van der Waals surface area (Å²) in [5, 5.41) is 3.51.